The third-order valence-electron chi connectivity index (χ3n) is 4.24. The number of imide groups is 2. The molecule has 3 rings (SSSR count). The van der Waals surface area contributed by atoms with Crippen molar-refractivity contribution < 1.29 is 28.7 Å². The fourth-order valence-corrected chi connectivity index (χ4v) is 2.91. The highest BCUT2D eigenvalue weighted by molar-refractivity contribution is 6.23. The molecule has 0 aromatic heterocycles. The van der Waals surface area contributed by atoms with E-state index in [0.717, 1.165) is 4.90 Å². The van der Waals surface area contributed by atoms with Crippen LogP contribution in [0.3, 0.4) is 0 Å². The van der Waals surface area contributed by atoms with Gasteiger partial charge in [-0.1, -0.05) is 60.1 Å². The van der Waals surface area contributed by atoms with E-state index in [1.807, 2.05) is 27.7 Å². The van der Waals surface area contributed by atoms with Crippen LogP contribution in [0.1, 0.15) is 81.5 Å². The first kappa shape index (κ1) is 35.5. The Labute approximate surface area is 216 Å². The highest BCUT2D eigenvalue weighted by Gasteiger charge is 2.44. The van der Waals surface area contributed by atoms with Gasteiger partial charge in [0.05, 0.1) is 37.6 Å². The van der Waals surface area contributed by atoms with Crippen molar-refractivity contribution in [1.82, 2.24) is 10.2 Å². The van der Waals surface area contributed by atoms with Gasteiger partial charge in [0.25, 0.3) is 11.8 Å². The highest BCUT2D eigenvalue weighted by atomic mass is 16.5. The summed E-state index contributed by atoms with van der Waals surface area (Å²) in [6.07, 6.45) is 1.56. The van der Waals surface area contributed by atoms with Crippen molar-refractivity contribution in [3.8, 4) is 0 Å². The maximum absolute atomic E-state index is 12.2. The van der Waals surface area contributed by atoms with Crippen LogP contribution in [0, 0.1) is 0 Å². The summed E-state index contributed by atoms with van der Waals surface area (Å²) in [7, 11) is 0. The summed E-state index contributed by atoms with van der Waals surface area (Å²) in [5.41, 5.74) is 11.0. The molecule has 1 aromatic carbocycles. The molecule has 0 aliphatic carbocycles. The molecule has 1 aromatic rings. The monoisotopic (exact) mass is 510 g/mol. The molecule has 1 atom stereocenters. The van der Waals surface area contributed by atoms with Gasteiger partial charge >= 0.3 is 0 Å². The molecular formula is C26H46N4O6. The quantitative estimate of drug-likeness (QED) is 0.356. The number of nitrogens with two attached hydrogens (primary N) is 2. The molecule has 0 saturated carbocycles. The second-order valence-electron chi connectivity index (χ2n) is 7.00. The first-order chi connectivity index (χ1) is 17.4. The molecule has 0 bridgehead atoms. The van der Waals surface area contributed by atoms with Gasteiger partial charge in [-0.2, -0.15) is 0 Å². The molecule has 1 fully saturated rings. The number of benzene rings is 1. The fraction of sp³-hybridized carbons (Fsp3) is 0.615. The zero-order valence-corrected chi connectivity index (χ0v) is 22.8. The van der Waals surface area contributed by atoms with Crippen molar-refractivity contribution in [2.45, 2.75) is 66.8 Å². The number of carbonyl (C=O) groups excluding carboxylic acids is 4. The van der Waals surface area contributed by atoms with Crippen LogP contribution in [0.4, 0.5) is 0 Å². The number of nitrogens with one attached hydrogen (secondary N) is 1. The predicted octanol–water partition coefficient (Wildman–Crippen LogP) is 2.49. The van der Waals surface area contributed by atoms with Crippen LogP contribution in [-0.2, 0) is 19.1 Å². The molecule has 36 heavy (non-hydrogen) atoms. The van der Waals surface area contributed by atoms with Crippen molar-refractivity contribution in [3.05, 3.63) is 35.4 Å². The molecule has 206 valence electrons. The van der Waals surface area contributed by atoms with E-state index < -0.39 is 23.8 Å². The van der Waals surface area contributed by atoms with E-state index in [0.29, 0.717) is 50.6 Å². The number of hydrogen-bond donors (Lipinski definition) is 3. The SMILES string of the molecule is CC.CC.CCC.NCCOCCOCCN.O=C1CCC(N2C(=O)c3ccccc3C2=O)C(=O)N1. The molecule has 2 aliphatic heterocycles. The summed E-state index contributed by atoms with van der Waals surface area (Å²) in [4.78, 5) is 48.1. The molecule has 5 N–H and O–H groups in total. The van der Waals surface area contributed by atoms with Gasteiger partial charge in [0.2, 0.25) is 11.8 Å². The number of carbonyl (C=O) groups is 4. The Balaban J connectivity index is 0. The lowest BCUT2D eigenvalue weighted by Gasteiger charge is -2.27. The summed E-state index contributed by atoms with van der Waals surface area (Å²) in [5, 5.41) is 2.15. The van der Waals surface area contributed by atoms with Gasteiger partial charge in [0.1, 0.15) is 6.04 Å². The molecular weight excluding hydrogens is 464 g/mol. The van der Waals surface area contributed by atoms with Crippen LogP contribution in [0.5, 0.6) is 0 Å². The third-order valence-corrected chi connectivity index (χ3v) is 4.24. The number of hydrogen-bond acceptors (Lipinski definition) is 8. The summed E-state index contributed by atoms with van der Waals surface area (Å²) in [6.45, 7) is 15.8. The number of fused-ring (bicyclic) bond motifs is 1. The molecule has 2 heterocycles. The zero-order valence-electron chi connectivity index (χ0n) is 22.8. The van der Waals surface area contributed by atoms with Crippen LogP contribution < -0.4 is 16.8 Å². The predicted molar refractivity (Wildman–Crippen MR) is 142 cm³/mol. The molecule has 10 nitrogen and oxygen atoms in total. The van der Waals surface area contributed by atoms with E-state index in [1.165, 1.54) is 6.42 Å². The Bertz CT molecular complexity index is 730. The Hall–Kier alpha value is -2.66. The van der Waals surface area contributed by atoms with Crippen LogP contribution in [0.25, 0.3) is 0 Å². The largest absolute Gasteiger partial charge is 0.378 e. The van der Waals surface area contributed by atoms with E-state index in [1.54, 1.807) is 24.3 Å². The van der Waals surface area contributed by atoms with Crippen molar-refractivity contribution in [2.24, 2.45) is 11.5 Å². The first-order valence-electron chi connectivity index (χ1n) is 12.8. The Morgan fingerprint density at radius 2 is 1.25 bits per heavy atom. The van der Waals surface area contributed by atoms with Gasteiger partial charge in [-0.15, -0.1) is 0 Å². The van der Waals surface area contributed by atoms with Gasteiger partial charge in [-0.25, -0.2) is 0 Å². The number of nitrogens with zero attached hydrogens (tertiary/aromatic N) is 1. The van der Waals surface area contributed by atoms with Crippen LogP contribution in [0.2, 0.25) is 0 Å². The third kappa shape index (κ3) is 12.3. The first-order valence-corrected chi connectivity index (χ1v) is 12.8. The van der Waals surface area contributed by atoms with Gasteiger partial charge < -0.3 is 20.9 Å². The van der Waals surface area contributed by atoms with Crippen molar-refractivity contribution >= 4 is 23.6 Å². The smallest absolute Gasteiger partial charge is 0.262 e. The van der Waals surface area contributed by atoms with Crippen molar-refractivity contribution in [2.75, 3.05) is 39.5 Å². The maximum Gasteiger partial charge on any atom is 0.262 e. The summed E-state index contributed by atoms with van der Waals surface area (Å²) < 4.78 is 10.1. The van der Waals surface area contributed by atoms with Crippen molar-refractivity contribution in [3.63, 3.8) is 0 Å². The lowest BCUT2D eigenvalue weighted by atomic mass is 10.0. The van der Waals surface area contributed by atoms with Gasteiger partial charge in [-0.05, 0) is 18.6 Å². The zero-order chi connectivity index (χ0) is 27.9. The molecule has 2 aliphatic rings. The minimum absolute atomic E-state index is 0.129. The summed E-state index contributed by atoms with van der Waals surface area (Å²) in [5.74, 6) is -1.92. The molecule has 1 unspecified atom stereocenters. The second kappa shape index (κ2) is 22.8. The van der Waals surface area contributed by atoms with Crippen LogP contribution in [0.15, 0.2) is 24.3 Å². The Morgan fingerprint density at radius 3 is 1.61 bits per heavy atom. The molecule has 0 spiro atoms. The lowest BCUT2D eigenvalue weighted by molar-refractivity contribution is -0.136. The Kier molecular flexibility index (Phi) is 22.5. The standard InChI is InChI=1S/C13H10N2O4.C6H16N2O2.C3H8.2C2H6/c16-10-6-5-9(11(17)14-10)15-12(18)7-3-1-2-4-8(7)13(15)19;7-1-3-9-5-6-10-4-2-8;1-3-2;2*1-2/h1-4,9H,5-6H2,(H,14,16,17);1-8H2;3H2,1-2H3;2*1-2H3. The number of rotatable bonds is 8. The van der Waals surface area contributed by atoms with E-state index >= 15 is 0 Å². The number of piperidine rings is 1. The highest BCUT2D eigenvalue weighted by Crippen LogP contribution is 2.26. The van der Waals surface area contributed by atoms with Gasteiger partial charge in [0, 0.05) is 19.5 Å². The maximum atomic E-state index is 12.2. The Morgan fingerprint density at radius 1 is 0.833 bits per heavy atom. The topological polar surface area (TPSA) is 154 Å². The van der Waals surface area contributed by atoms with Crippen molar-refractivity contribution in [1.29, 1.82) is 0 Å². The van der Waals surface area contributed by atoms with E-state index in [9.17, 15) is 19.2 Å². The van der Waals surface area contributed by atoms with E-state index in [2.05, 4.69) is 19.2 Å². The summed E-state index contributed by atoms with van der Waals surface area (Å²) in [6, 6.07) is 5.55. The number of ether oxygens (including phenoxy) is 2. The van der Waals surface area contributed by atoms with E-state index in [-0.39, 0.29) is 18.7 Å². The minimum Gasteiger partial charge on any atom is -0.378 e. The molecule has 4 amide bonds. The average molecular weight is 511 g/mol. The average Bonchev–Trinajstić information content (AvgIpc) is 3.15. The molecule has 0 radical (unpaired) electrons. The second-order valence-corrected chi connectivity index (χ2v) is 7.00. The summed E-state index contributed by atoms with van der Waals surface area (Å²) >= 11 is 0. The fourth-order valence-electron chi connectivity index (χ4n) is 2.91. The van der Waals surface area contributed by atoms with Gasteiger partial charge in [-0.3, -0.25) is 29.4 Å². The van der Waals surface area contributed by atoms with Crippen LogP contribution in [-0.4, -0.2) is 74.1 Å². The van der Waals surface area contributed by atoms with Crippen LogP contribution >= 0.6 is 0 Å². The normalized spacial score (nSPS) is 15.6. The number of amides is 4. The van der Waals surface area contributed by atoms with E-state index in [4.69, 9.17) is 20.9 Å². The lowest BCUT2D eigenvalue weighted by Crippen LogP contribution is -2.54. The van der Waals surface area contributed by atoms with Gasteiger partial charge in [0.15, 0.2) is 0 Å². The molecule has 1 saturated heterocycles. The molecule has 10 heteroatoms. The minimum atomic E-state index is -0.898.